The van der Waals surface area contributed by atoms with Crippen LogP contribution in [0.2, 0.25) is 0 Å². The molecule has 8 heteroatoms. The van der Waals surface area contributed by atoms with Crippen molar-refractivity contribution in [1.29, 1.82) is 0 Å². The number of nitrogens with zero attached hydrogens (tertiary/aromatic N) is 3. The molecule has 0 spiro atoms. The third-order valence-corrected chi connectivity index (χ3v) is 5.02. The molecule has 150 valence electrons. The fourth-order valence-corrected chi connectivity index (χ4v) is 3.46. The zero-order valence-corrected chi connectivity index (χ0v) is 16.2. The van der Waals surface area contributed by atoms with Crippen LogP contribution in [0.25, 0.3) is 11.1 Å². The van der Waals surface area contributed by atoms with Gasteiger partial charge in [-0.3, -0.25) is 10.00 Å². The molecular weight excluding hydrogens is 375 g/mol. The van der Waals surface area contributed by atoms with Crippen LogP contribution < -0.4 is 14.4 Å². The van der Waals surface area contributed by atoms with Gasteiger partial charge in [-0.15, -0.1) is 0 Å². The average molecular weight is 396 g/mol. The first-order chi connectivity index (χ1) is 14.1. The number of nitrogens with one attached hydrogen (secondary N) is 1. The number of rotatable bonds is 6. The smallest absolute Gasteiger partial charge is 0.324 e. The number of H-pyrrole nitrogens is 1. The molecule has 0 radical (unpaired) electrons. The van der Waals surface area contributed by atoms with E-state index < -0.39 is 0 Å². The van der Waals surface area contributed by atoms with Crippen molar-refractivity contribution in [2.24, 2.45) is 0 Å². The lowest BCUT2D eigenvalue weighted by molar-refractivity contribution is 0.218. The summed E-state index contributed by atoms with van der Waals surface area (Å²) >= 11 is 0. The Hall–Kier alpha value is -3.55. The van der Waals surface area contributed by atoms with Crippen molar-refractivity contribution in [2.75, 3.05) is 32.2 Å². The molecule has 29 heavy (non-hydrogen) atoms. The minimum absolute atomic E-state index is 0.176. The molecule has 0 saturated carbocycles. The predicted molar refractivity (Wildman–Crippen MR) is 107 cm³/mol. The van der Waals surface area contributed by atoms with E-state index in [0.29, 0.717) is 30.2 Å². The van der Waals surface area contributed by atoms with E-state index in [2.05, 4.69) is 10.2 Å². The second-order valence-electron chi connectivity index (χ2n) is 6.68. The number of carbonyl (C=O) groups excluding carboxylic acids is 1. The van der Waals surface area contributed by atoms with Gasteiger partial charge in [0.15, 0.2) is 0 Å². The highest BCUT2D eigenvalue weighted by molar-refractivity contribution is 5.95. The van der Waals surface area contributed by atoms with Gasteiger partial charge in [-0.05, 0) is 30.3 Å². The van der Waals surface area contributed by atoms with Gasteiger partial charge in [-0.25, -0.2) is 9.18 Å². The predicted octanol–water partition coefficient (Wildman–Crippen LogP) is 3.68. The van der Waals surface area contributed by atoms with Gasteiger partial charge >= 0.3 is 6.03 Å². The minimum atomic E-state index is -0.358. The van der Waals surface area contributed by atoms with E-state index in [1.165, 1.54) is 13.2 Å². The molecule has 3 aromatic rings. The van der Waals surface area contributed by atoms with Gasteiger partial charge in [-0.2, -0.15) is 5.10 Å². The number of aromatic amines is 1. The number of benzene rings is 2. The topological polar surface area (TPSA) is 70.7 Å². The molecule has 4 rings (SSSR count). The molecule has 1 fully saturated rings. The van der Waals surface area contributed by atoms with E-state index >= 15 is 0 Å². The Kier molecular flexibility index (Phi) is 5.07. The highest BCUT2D eigenvalue weighted by atomic mass is 19.1. The standard InChI is InChI=1S/C21H21FN4O3/c1-28-17-4-6-19(22)14(9-17)13-25-7-8-26(21(25)27)16-3-5-18(20(10-16)29-2)15-11-23-24-12-15/h3-6,9-12H,7-8,13H2,1-2H3,(H,23,24). The van der Waals surface area contributed by atoms with Gasteiger partial charge in [0.1, 0.15) is 17.3 Å². The van der Waals surface area contributed by atoms with Gasteiger partial charge in [0, 0.05) is 47.7 Å². The summed E-state index contributed by atoms with van der Waals surface area (Å²) in [6, 6.07) is 9.96. The molecule has 2 heterocycles. The lowest BCUT2D eigenvalue weighted by atomic mass is 10.1. The molecule has 0 atom stereocenters. The average Bonchev–Trinajstić information content (AvgIpc) is 3.40. The van der Waals surface area contributed by atoms with E-state index in [1.54, 1.807) is 41.4 Å². The maximum atomic E-state index is 14.2. The third kappa shape index (κ3) is 3.61. The van der Waals surface area contributed by atoms with Crippen LogP contribution in [0.5, 0.6) is 11.5 Å². The Labute approximate surface area is 167 Å². The summed E-state index contributed by atoms with van der Waals surface area (Å²) in [6.07, 6.45) is 3.49. The Bertz CT molecular complexity index is 1020. The Morgan fingerprint density at radius 3 is 2.72 bits per heavy atom. The molecule has 1 N–H and O–H groups in total. The first kappa shape index (κ1) is 18.8. The number of hydrogen-bond acceptors (Lipinski definition) is 4. The SMILES string of the molecule is COc1ccc(F)c(CN2CCN(c3ccc(-c4cn[nH]c4)c(OC)c3)C2=O)c1. The second kappa shape index (κ2) is 7.83. The van der Waals surface area contributed by atoms with Crippen LogP contribution in [0.15, 0.2) is 48.8 Å². The van der Waals surface area contributed by atoms with Crippen molar-refractivity contribution in [1.82, 2.24) is 15.1 Å². The number of halogens is 1. The van der Waals surface area contributed by atoms with Crippen LogP contribution >= 0.6 is 0 Å². The Morgan fingerprint density at radius 2 is 2.00 bits per heavy atom. The lowest BCUT2D eigenvalue weighted by Gasteiger charge is -2.20. The molecule has 2 aromatic carbocycles. The van der Waals surface area contributed by atoms with Crippen molar-refractivity contribution in [3.05, 3.63) is 60.2 Å². The van der Waals surface area contributed by atoms with Gasteiger partial charge in [0.05, 0.1) is 27.0 Å². The number of amides is 2. The maximum Gasteiger partial charge on any atom is 0.324 e. The zero-order valence-electron chi connectivity index (χ0n) is 16.2. The van der Waals surface area contributed by atoms with E-state index in [9.17, 15) is 9.18 Å². The van der Waals surface area contributed by atoms with E-state index in [-0.39, 0.29) is 18.4 Å². The van der Waals surface area contributed by atoms with Crippen LogP contribution in [-0.4, -0.2) is 48.4 Å². The molecule has 1 aliphatic heterocycles. The summed E-state index contributed by atoms with van der Waals surface area (Å²) in [7, 11) is 3.12. The van der Waals surface area contributed by atoms with E-state index in [0.717, 1.165) is 16.8 Å². The van der Waals surface area contributed by atoms with Crippen molar-refractivity contribution in [2.45, 2.75) is 6.54 Å². The highest BCUT2D eigenvalue weighted by Gasteiger charge is 2.30. The number of hydrogen-bond donors (Lipinski definition) is 1. The van der Waals surface area contributed by atoms with Gasteiger partial charge in [-0.1, -0.05) is 0 Å². The lowest BCUT2D eigenvalue weighted by Crippen LogP contribution is -2.31. The monoisotopic (exact) mass is 396 g/mol. The number of aromatic nitrogens is 2. The van der Waals surface area contributed by atoms with Gasteiger partial charge in [0.2, 0.25) is 0 Å². The van der Waals surface area contributed by atoms with Crippen LogP contribution in [0.3, 0.4) is 0 Å². The normalized spacial score (nSPS) is 13.8. The summed E-state index contributed by atoms with van der Waals surface area (Å²) in [5.74, 6) is 0.849. The number of methoxy groups -OCH3 is 2. The summed E-state index contributed by atoms with van der Waals surface area (Å²) in [5.41, 5.74) is 2.93. The molecule has 1 aliphatic rings. The fraction of sp³-hybridized carbons (Fsp3) is 0.238. The van der Waals surface area contributed by atoms with E-state index in [1.807, 2.05) is 18.2 Å². The summed E-state index contributed by atoms with van der Waals surface area (Å²) < 4.78 is 24.8. The first-order valence-electron chi connectivity index (χ1n) is 9.16. The number of anilines is 1. The Balaban J connectivity index is 1.55. The molecule has 1 aromatic heterocycles. The molecule has 2 amide bonds. The third-order valence-electron chi connectivity index (χ3n) is 5.02. The number of ether oxygens (including phenoxy) is 2. The van der Waals surface area contributed by atoms with Crippen molar-refractivity contribution < 1.29 is 18.7 Å². The summed E-state index contributed by atoms with van der Waals surface area (Å²) in [5, 5.41) is 6.75. The fourth-order valence-electron chi connectivity index (χ4n) is 3.46. The summed E-state index contributed by atoms with van der Waals surface area (Å²) in [4.78, 5) is 16.2. The molecule has 7 nitrogen and oxygen atoms in total. The zero-order chi connectivity index (χ0) is 20.4. The Morgan fingerprint density at radius 1 is 1.14 bits per heavy atom. The van der Waals surface area contributed by atoms with Crippen LogP contribution in [0, 0.1) is 5.82 Å². The highest BCUT2D eigenvalue weighted by Crippen LogP contribution is 2.34. The molecular formula is C21H21FN4O3. The van der Waals surface area contributed by atoms with Gasteiger partial charge < -0.3 is 14.4 Å². The second-order valence-corrected chi connectivity index (χ2v) is 6.68. The van der Waals surface area contributed by atoms with Crippen molar-refractivity contribution in [3.8, 4) is 22.6 Å². The van der Waals surface area contributed by atoms with Crippen LogP contribution in [0.4, 0.5) is 14.9 Å². The molecule has 1 saturated heterocycles. The summed E-state index contributed by atoms with van der Waals surface area (Å²) in [6.45, 7) is 1.20. The number of carbonyl (C=O) groups is 1. The minimum Gasteiger partial charge on any atom is -0.497 e. The number of urea groups is 1. The maximum absolute atomic E-state index is 14.2. The molecule has 0 aliphatic carbocycles. The molecule has 0 bridgehead atoms. The molecule has 0 unspecified atom stereocenters. The van der Waals surface area contributed by atoms with E-state index in [4.69, 9.17) is 9.47 Å². The largest absolute Gasteiger partial charge is 0.497 e. The quantitative estimate of drug-likeness (QED) is 0.690. The van der Waals surface area contributed by atoms with Gasteiger partial charge in [0.25, 0.3) is 0 Å². The van der Waals surface area contributed by atoms with Crippen molar-refractivity contribution >= 4 is 11.7 Å². The van der Waals surface area contributed by atoms with Crippen LogP contribution in [0.1, 0.15) is 5.56 Å². The first-order valence-corrected chi connectivity index (χ1v) is 9.16. The van der Waals surface area contributed by atoms with Crippen molar-refractivity contribution in [3.63, 3.8) is 0 Å². The van der Waals surface area contributed by atoms with Crippen LogP contribution in [-0.2, 0) is 6.54 Å².